The summed E-state index contributed by atoms with van der Waals surface area (Å²) in [7, 11) is 0. The average Bonchev–Trinajstić information content (AvgIpc) is 3.30. The van der Waals surface area contributed by atoms with Crippen molar-refractivity contribution in [1.29, 1.82) is 0 Å². The Bertz CT molecular complexity index is 911. The summed E-state index contributed by atoms with van der Waals surface area (Å²) in [5, 5.41) is 3.27. The fourth-order valence-electron chi connectivity index (χ4n) is 3.85. The second-order valence-corrected chi connectivity index (χ2v) is 7.58. The Labute approximate surface area is 150 Å². The molecule has 1 aromatic carbocycles. The summed E-state index contributed by atoms with van der Waals surface area (Å²) in [6, 6.07) is 8.45. The monoisotopic (exact) mass is 353 g/mol. The van der Waals surface area contributed by atoms with E-state index < -0.39 is 0 Å². The molecule has 5 rings (SSSR count). The van der Waals surface area contributed by atoms with Crippen molar-refractivity contribution < 1.29 is 9.47 Å². The van der Waals surface area contributed by atoms with Gasteiger partial charge in [-0.3, -0.25) is 0 Å². The molecule has 6 heteroatoms. The van der Waals surface area contributed by atoms with Gasteiger partial charge in [0.25, 0.3) is 0 Å². The maximum Gasteiger partial charge on any atom is 0.231 e. The third-order valence-electron chi connectivity index (χ3n) is 5.02. The van der Waals surface area contributed by atoms with Crippen molar-refractivity contribution in [2.24, 2.45) is 5.92 Å². The third-order valence-corrected chi connectivity index (χ3v) is 5.84. The lowest BCUT2D eigenvalue weighted by atomic mass is 9.91. The van der Waals surface area contributed by atoms with E-state index in [1.54, 1.807) is 17.7 Å². The van der Waals surface area contributed by atoms with E-state index in [4.69, 9.17) is 9.47 Å². The number of anilines is 1. The van der Waals surface area contributed by atoms with Gasteiger partial charge in [-0.15, -0.1) is 11.3 Å². The van der Waals surface area contributed by atoms with Crippen molar-refractivity contribution in [1.82, 2.24) is 9.97 Å². The van der Waals surface area contributed by atoms with Gasteiger partial charge in [-0.2, -0.15) is 0 Å². The van der Waals surface area contributed by atoms with E-state index in [1.165, 1.54) is 23.8 Å². The molecule has 2 aliphatic rings. The molecule has 0 aliphatic carbocycles. The smallest absolute Gasteiger partial charge is 0.231 e. The second-order valence-electron chi connectivity index (χ2n) is 6.68. The van der Waals surface area contributed by atoms with Crippen LogP contribution < -0.4 is 14.4 Å². The molecule has 1 unspecified atom stereocenters. The number of piperidine rings is 1. The van der Waals surface area contributed by atoms with Crippen LogP contribution in [-0.2, 0) is 6.42 Å². The molecule has 3 aromatic rings. The highest BCUT2D eigenvalue weighted by Crippen LogP contribution is 2.35. The highest BCUT2D eigenvalue weighted by atomic mass is 32.1. The number of thiophene rings is 1. The Morgan fingerprint density at radius 2 is 2.12 bits per heavy atom. The van der Waals surface area contributed by atoms with Gasteiger partial charge in [0.05, 0.1) is 5.39 Å². The molecular weight excluding hydrogens is 334 g/mol. The van der Waals surface area contributed by atoms with Crippen LogP contribution in [0.1, 0.15) is 18.4 Å². The van der Waals surface area contributed by atoms with E-state index in [2.05, 4.69) is 38.4 Å². The summed E-state index contributed by atoms with van der Waals surface area (Å²) < 4.78 is 10.9. The molecular formula is C19H19N3O2S. The standard InChI is InChI=1S/C19H19N3O2S/c1-2-14(8-13-3-4-16-17(9-13)24-12-23-16)10-22(6-1)18-15-5-7-25-19(15)21-11-20-18/h3-5,7,9,11,14H,1-2,6,8,10,12H2. The summed E-state index contributed by atoms with van der Waals surface area (Å²) >= 11 is 1.68. The van der Waals surface area contributed by atoms with Gasteiger partial charge in [0.2, 0.25) is 6.79 Å². The van der Waals surface area contributed by atoms with E-state index in [1.807, 2.05) is 6.07 Å². The number of rotatable bonds is 3. The molecule has 25 heavy (non-hydrogen) atoms. The van der Waals surface area contributed by atoms with Crippen molar-refractivity contribution >= 4 is 27.4 Å². The van der Waals surface area contributed by atoms with Gasteiger partial charge >= 0.3 is 0 Å². The molecule has 1 saturated heterocycles. The van der Waals surface area contributed by atoms with Crippen molar-refractivity contribution in [3.8, 4) is 11.5 Å². The van der Waals surface area contributed by atoms with E-state index in [-0.39, 0.29) is 0 Å². The molecule has 1 atom stereocenters. The van der Waals surface area contributed by atoms with Crippen LogP contribution in [0.25, 0.3) is 10.2 Å². The summed E-state index contributed by atoms with van der Waals surface area (Å²) in [6.07, 6.45) is 5.20. The lowest BCUT2D eigenvalue weighted by molar-refractivity contribution is 0.174. The van der Waals surface area contributed by atoms with E-state index in [0.717, 1.165) is 41.7 Å². The van der Waals surface area contributed by atoms with Gasteiger partial charge in [0.1, 0.15) is 17.0 Å². The van der Waals surface area contributed by atoms with E-state index in [9.17, 15) is 0 Å². The largest absolute Gasteiger partial charge is 0.454 e. The molecule has 0 N–H and O–H groups in total. The SMILES string of the molecule is c1nc(N2CCCC(Cc3ccc4c(c3)OCO4)C2)c2ccsc2n1. The maximum atomic E-state index is 5.51. The summed E-state index contributed by atoms with van der Waals surface area (Å²) in [5.74, 6) is 3.44. The number of ether oxygens (including phenoxy) is 2. The van der Waals surface area contributed by atoms with Crippen molar-refractivity contribution in [3.63, 3.8) is 0 Å². The Hall–Kier alpha value is -2.34. The fourth-order valence-corrected chi connectivity index (χ4v) is 4.58. The lowest BCUT2D eigenvalue weighted by Crippen LogP contribution is -2.36. The molecule has 5 nitrogen and oxygen atoms in total. The Morgan fingerprint density at radius 3 is 3.12 bits per heavy atom. The number of aromatic nitrogens is 2. The summed E-state index contributed by atoms with van der Waals surface area (Å²) in [4.78, 5) is 12.4. The minimum Gasteiger partial charge on any atom is -0.454 e. The van der Waals surface area contributed by atoms with Gasteiger partial charge in [0.15, 0.2) is 11.5 Å². The van der Waals surface area contributed by atoms with Crippen LogP contribution in [-0.4, -0.2) is 29.9 Å². The zero-order valence-electron chi connectivity index (χ0n) is 13.9. The van der Waals surface area contributed by atoms with Crippen molar-refractivity contribution in [2.45, 2.75) is 19.3 Å². The third kappa shape index (κ3) is 2.80. The van der Waals surface area contributed by atoms with Crippen molar-refractivity contribution in [2.75, 3.05) is 24.8 Å². The minimum absolute atomic E-state index is 0.334. The van der Waals surface area contributed by atoms with Crippen LogP contribution >= 0.6 is 11.3 Å². The van der Waals surface area contributed by atoms with Crippen LogP contribution in [0, 0.1) is 5.92 Å². The number of nitrogens with zero attached hydrogens (tertiary/aromatic N) is 3. The number of fused-ring (bicyclic) bond motifs is 2. The molecule has 0 bridgehead atoms. The zero-order valence-corrected chi connectivity index (χ0v) is 14.7. The first-order valence-corrected chi connectivity index (χ1v) is 9.56. The van der Waals surface area contributed by atoms with Crippen LogP contribution in [0.15, 0.2) is 36.0 Å². The van der Waals surface area contributed by atoms with Crippen LogP contribution in [0.5, 0.6) is 11.5 Å². The Balaban J connectivity index is 1.35. The van der Waals surface area contributed by atoms with Crippen LogP contribution in [0.2, 0.25) is 0 Å². The minimum atomic E-state index is 0.334. The molecule has 0 radical (unpaired) electrons. The predicted molar refractivity (Wildman–Crippen MR) is 98.6 cm³/mol. The summed E-state index contributed by atoms with van der Waals surface area (Å²) in [5.41, 5.74) is 1.32. The normalized spacial score (nSPS) is 19.5. The van der Waals surface area contributed by atoms with Gasteiger partial charge in [-0.25, -0.2) is 9.97 Å². The molecule has 4 heterocycles. The fraction of sp³-hybridized carbons (Fsp3) is 0.368. The quantitative estimate of drug-likeness (QED) is 0.715. The lowest BCUT2D eigenvalue weighted by Gasteiger charge is -2.34. The first-order valence-electron chi connectivity index (χ1n) is 8.68. The Morgan fingerprint density at radius 1 is 1.16 bits per heavy atom. The van der Waals surface area contributed by atoms with Gasteiger partial charge in [-0.1, -0.05) is 6.07 Å². The average molecular weight is 353 g/mol. The highest BCUT2D eigenvalue weighted by molar-refractivity contribution is 7.16. The van der Waals surface area contributed by atoms with Gasteiger partial charge < -0.3 is 14.4 Å². The Kier molecular flexibility index (Phi) is 3.70. The van der Waals surface area contributed by atoms with Crippen LogP contribution in [0.3, 0.4) is 0 Å². The highest BCUT2D eigenvalue weighted by Gasteiger charge is 2.23. The number of hydrogen-bond donors (Lipinski definition) is 0. The molecule has 1 fully saturated rings. The number of hydrogen-bond acceptors (Lipinski definition) is 6. The molecule has 0 amide bonds. The van der Waals surface area contributed by atoms with Gasteiger partial charge in [0, 0.05) is 13.1 Å². The van der Waals surface area contributed by atoms with E-state index >= 15 is 0 Å². The van der Waals surface area contributed by atoms with Gasteiger partial charge in [-0.05, 0) is 54.3 Å². The molecule has 0 spiro atoms. The second kappa shape index (κ2) is 6.19. The summed E-state index contributed by atoms with van der Waals surface area (Å²) in [6.45, 7) is 2.44. The zero-order chi connectivity index (χ0) is 16.6. The molecule has 2 aromatic heterocycles. The van der Waals surface area contributed by atoms with E-state index in [0.29, 0.717) is 12.7 Å². The van der Waals surface area contributed by atoms with Crippen LogP contribution in [0.4, 0.5) is 5.82 Å². The molecule has 0 saturated carbocycles. The first kappa shape index (κ1) is 15.0. The topological polar surface area (TPSA) is 47.5 Å². The molecule has 2 aliphatic heterocycles. The predicted octanol–water partition coefficient (Wildman–Crippen LogP) is 3.88. The van der Waals surface area contributed by atoms with Crippen molar-refractivity contribution in [3.05, 3.63) is 41.5 Å². The molecule has 128 valence electrons. The number of benzene rings is 1. The maximum absolute atomic E-state index is 5.51. The first-order chi connectivity index (χ1) is 12.4.